The van der Waals surface area contributed by atoms with Crippen LogP contribution in [0, 0.1) is 0 Å². The summed E-state index contributed by atoms with van der Waals surface area (Å²) in [6.45, 7) is 5.44. The van der Waals surface area contributed by atoms with E-state index in [2.05, 4.69) is 19.2 Å². The first-order valence-corrected chi connectivity index (χ1v) is 7.13. The Morgan fingerprint density at radius 1 is 1.24 bits per heavy atom. The van der Waals surface area contributed by atoms with Crippen LogP contribution in [0.4, 0.5) is 0 Å². The second-order valence-electron chi connectivity index (χ2n) is 4.51. The zero-order valence-corrected chi connectivity index (χ0v) is 11.7. The Bertz CT molecular complexity index is 298. The van der Waals surface area contributed by atoms with Crippen molar-refractivity contribution in [1.29, 1.82) is 0 Å². The molecule has 1 aromatic rings. The van der Waals surface area contributed by atoms with Crippen molar-refractivity contribution < 1.29 is 4.42 Å². The smallest absolute Gasteiger partial charge is 0.197 e. The molecule has 2 nitrogen and oxygen atoms in total. The van der Waals surface area contributed by atoms with E-state index in [1.54, 1.807) is 6.26 Å². The van der Waals surface area contributed by atoms with Crippen molar-refractivity contribution >= 4 is 11.6 Å². The number of rotatable bonds is 9. The lowest BCUT2D eigenvalue weighted by molar-refractivity contribution is 0.464. The molecule has 0 aromatic carbocycles. The molecular weight excluding hydrogens is 234 g/mol. The van der Waals surface area contributed by atoms with Gasteiger partial charge in [-0.25, -0.2) is 0 Å². The minimum absolute atomic E-state index is 0.345. The van der Waals surface area contributed by atoms with Crippen LogP contribution in [0.5, 0.6) is 0 Å². The van der Waals surface area contributed by atoms with Gasteiger partial charge < -0.3 is 9.73 Å². The Balaban J connectivity index is 2.46. The molecule has 17 heavy (non-hydrogen) atoms. The van der Waals surface area contributed by atoms with E-state index in [0.29, 0.717) is 11.3 Å². The second kappa shape index (κ2) is 8.60. The Morgan fingerprint density at radius 3 is 2.65 bits per heavy atom. The summed E-state index contributed by atoms with van der Waals surface area (Å²) in [6, 6.07) is 2.33. The van der Waals surface area contributed by atoms with Crippen molar-refractivity contribution in [3.05, 3.63) is 23.1 Å². The predicted octanol–water partition coefficient (Wildman–Crippen LogP) is 4.94. The number of halogens is 1. The molecule has 0 bridgehead atoms. The van der Waals surface area contributed by atoms with Gasteiger partial charge in [0.15, 0.2) is 5.22 Å². The Kier molecular flexibility index (Phi) is 7.38. The van der Waals surface area contributed by atoms with Gasteiger partial charge in [0.25, 0.3) is 0 Å². The SMILES string of the molecule is CCCCCCC(NCCC)c1ccoc1Cl. The molecule has 0 radical (unpaired) electrons. The van der Waals surface area contributed by atoms with E-state index in [4.69, 9.17) is 16.0 Å². The predicted molar refractivity (Wildman–Crippen MR) is 73.5 cm³/mol. The lowest BCUT2D eigenvalue weighted by atomic mass is 10.0. The lowest BCUT2D eigenvalue weighted by Crippen LogP contribution is -2.22. The Morgan fingerprint density at radius 2 is 2.06 bits per heavy atom. The summed E-state index contributed by atoms with van der Waals surface area (Å²) >= 11 is 6.05. The van der Waals surface area contributed by atoms with Gasteiger partial charge in [-0.2, -0.15) is 0 Å². The van der Waals surface area contributed by atoms with Crippen molar-refractivity contribution in [2.45, 2.75) is 58.4 Å². The molecule has 3 heteroatoms. The van der Waals surface area contributed by atoms with Crippen LogP contribution >= 0.6 is 11.6 Å². The second-order valence-corrected chi connectivity index (χ2v) is 4.85. The average molecular weight is 258 g/mol. The monoisotopic (exact) mass is 257 g/mol. The third-order valence-corrected chi connectivity index (χ3v) is 3.32. The maximum absolute atomic E-state index is 6.05. The largest absolute Gasteiger partial charge is 0.453 e. The fourth-order valence-electron chi connectivity index (χ4n) is 2.02. The highest BCUT2D eigenvalue weighted by molar-refractivity contribution is 6.29. The maximum atomic E-state index is 6.05. The fraction of sp³-hybridized carbons (Fsp3) is 0.714. The van der Waals surface area contributed by atoms with E-state index in [1.807, 2.05) is 6.07 Å². The van der Waals surface area contributed by atoms with Gasteiger partial charge >= 0.3 is 0 Å². The van der Waals surface area contributed by atoms with Crippen LogP contribution in [-0.4, -0.2) is 6.54 Å². The first kappa shape index (κ1) is 14.6. The van der Waals surface area contributed by atoms with Crippen molar-refractivity contribution in [3.63, 3.8) is 0 Å². The van der Waals surface area contributed by atoms with Crippen LogP contribution in [0.3, 0.4) is 0 Å². The number of hydrogen-bond donors (Lipinski definition) is 1. The van der Waals surface area contributed by atoms with Crippen LogP contribution in [0.2, 0.25) is 5.22 Å². The molecule has 1 heterocycles. The van der Waals surface area contributed by atoms with Crippen LogP contribution in [-0.2, 0) is 0 Å². The number of unbranched alkanes of at least 4 members (excludes halogenated alkanes) is 3. The summed E-state index contributed by atoms with van der Waals surface area (Å²) in [5, 5.41) is 4.08. The molecule has 0 saturated heterocycles. The summed E-state index contributed by atoms with van der Waals surface area (Å²) in [6.07, 6.45) is 9.09. The Labute approximate surface area is 110 Å². The molecule has 98 valence electrons. The molecule has 1 aromatic heterocycles. The molecule has 0 aliphatic heterocycles. The van der Waals surface area contributed by atoms with E-state index < -0.39 is 0 Å². The van der Waals surface area contributed by atoms with Gasteiger partial charge in [0.05, 0.1) is 6.26 Å². The number of hydrogen-bond acceptors (Lipinski definition) is 2. The highest BCUT2D eigenvalue weighted by atomic mass is 35.5. The molecule has 0 fully saturated rings. The fourth-order valence-corrected chi connectivity index (χ4v) is 2.26. The third kappa shape index (κ3) is 5.13. The lowest BCUT2D eigenvalue weighted by Gasteiger charge is -2.17. The van der Waals surface area contributed by atoms with Gasteiger partial charge in [0.1, 0.15) is 0 Å². The Hall–Kier alpha value is -0.470. The van der Waals surface area contributed by atoms with E-state index in [0.717, 1.165) is 24.9 Å². The van der Waals surface area contributed by atoms with E-state index in [9.17, 15) is 0 Å². The molecule has 0 amide bonds. The quantitative estimate of drug-likeness (QED) is 0.634. The zero-order chi connectivity index (χ0) is 12.5. The molecule has 0 aliphatic rings. The topological polar surface area (TPSA) is 25.2 Å². The molecule has 1 unspecified atom stereocenters. The molecule has 1 rings (SSSR count). The molecule has 1 atom stereocenters. The van der Waals surface area contributed by atoms with Gasteiger partial charge in [-0.15, -0.1) is 0 Å². The van der Waals surface area contributed by atoms with E-state index >= 15 is 0 Å². The van der Waals surface area contributed by atoms with Gasteiger partial charge in [-0.05, 0) is 37.1 Å². The number of nitrogens with one attached hydrogen (secondary N) is 1. The molecule has 1 N–H and O–H groups in total. The highest BCUT2D eigenvalue weighted by Gasteiger charge is 2.15. The molecular formula is C14H24ClNO. The van der Waals surface area contributed by atoms with Gasteiger partial charge in [-0.1, -0.05) is 39.5 Å². The average Bonchev–Trinajstić information content (AvgIpc) is 2.75. The van der Waals surface area contributed by atoms with Crippen molar-refractivity contribution in [2.24, 2.45) is 0 Å². The molecule has 0 aliphatic carbocycles. The van der Waals surface area contributed by atoms with E-state index in [1.165, 1.54) is 25.7 Å². The van der Waals surface area contributed by atoms with Crippen LogP contribution < -0.4 is 5.32 Å². The first-order chi connectivity index (χ1) is 8.29. The molecule has 0 saturated carbocycles. The third-order valence-electron chi connectivity index (χ3n) is 3.01. The van der Waals surface area contributed by atoms with Crippen LogP contribution in [0.1, 0.15) is 64.0 Å². The summed E-state index contributed by atoms with van der Waals surface area (Å²) in [4.78, 5) is 0. The normalized spacial score (nSPS) is 12.9. The summed E-state index contributed by atoms with van der Waals surface area (Å²) < 4.78 is 5.18. The molecule has 0 spiro atoms. The summed E-state index contributed by atoms with van der Waals surface area (Å²) in [7, 11) is 0. The van der Waals surface area contributed by atoms with Crippen LogP contribution in [0.25, 0.3) is 0 Å². The minimum atomic E-state index is 0.345. The standard InChI is InChI=1S/C14H24ClNO/c1-3-5-6-7-8-13(16-10-4-2)12-9-11-17-14(12)15/h9,11,13,16H,3-8,10H2,1-2H3. The highest BCUT2D eigenvalue weighted by Crippen LogP contribution is 2.27. The maximum Gasteiger partial charge on any atom is 0.197 e. The van der Waals surface area contributed by atoms with Gasteiger partial charge in [0.2, 0.25) is 0 Å². The first-order valence-electron chi connectivity index (χ1n) is 6.75. The van der Waals surface area contributed by atoms with Crippen molar-refractivity contribution in [2.75, 3.05) is 6.54 Å². The summed E-state index contributed by atoms with van der Waals surface area (Å²) in [5.74, 6) is 0. The van der Waals surface area contributed by atoms with Crippen molar-refractivity contribution in [1.82, 2.24) is 5.32 Å². The van der Waals surface area contributed by atoms with Crippen LogP contribution in [0.15, 0.2) is 16.7 Å². The van der Waals surface area contributed by atoms with E-state index in [-0.39, 0.29) is 0 Å². The van der Waals surface area contributed by atoms with Crippen molar-refractivity contribution in [3.8, 4) is 0 Å². The zero-order valence-electron chi connectivity index (χ0n) is 11.0. The number of furan rings is 1. The van der Waals surface area contributed by atoms with Gasteiger partial charge in [-0.3, -0.25) is 0 Å². The van der Waals surface area contributed by atoms with Gasteiger partial charge in [0, 0.05) is 11.6 Å². The summed E-state index contributed by atoms with van der Waals surface area (Å²) in [5.41, 5.74) is 1.11. The minimum Gasteiger partial charge on any atom is -0.453 e.